The molecule has 1 aliphatic rings. The molecule has 4 heteroatoms. The van der Waals surface area contributed by atoms with E-state index in [0.29, 0.717) is 12.6 Å². The molecule has 0 aliphatic carbocycles. The Kier molecular flexibility index (Phi) is 5.53. The van der Waals surface area contributed by atoms with E-state index in [4.69, 9.17) is 14.6 Å². The van der Waals surface area contributed by atoms with Crippen LogP contribution in [0.1, 0.15) is 26.2 Å². The summed E-state index contributed by atoms with van der Waals surface area (Å²) < 4.78 is 10.5. The molecule has 1 heterocycles. The minimum absolute atomic E-state index is 0.0466. The third-order valence-corrected chi connectivity index (χ3v) is 3.01. The first kappa shape index (κ1) is 12.9. The first-order chi connectivity index (χ1) is 7.22. The number of nitrogens with one attached hydrogen (secondary N) is 1. The topological polar surface area (TPSA) is 50.7 Å². The van der Waals surface area contributed by atoms with E-state index in [1.165, 1.54) is 0 Å². The van der Waals surface area contributed by atoms with E-state index in [1.807, 2.05) is 0 Å². The van der Waals surface area contributed by atoms with Crippen molar-refractivity contribution in [1.29, 1.82) is 0 Å². The van der Waals surface area contributed by atoms with E-state index in [9.17, 15) is 0 Å². The van der Waals surface area contributed by atoms with Gasteiger partial charge >= 0.3 is 0 Å². The van der Waals surface area contributed by atoms with Gasteiger partial charge in [-0.2, -0.15) is 0 Å². The second-order valence-corrected chi connectivity index (χ2v) is 4.37. The average Bonchev–Trinajstić information content (AvgIpc) is 2.19. The van der Waals surface area contributed by atoms with Crippen LogP contribution < -0.4 is 5.32 Å². The first-order valence-corrected chi connectivity index (χ1v) is 5.68. The zero-order chi connectivity index (χ0) is 11.1. The minimum atomic E-state index is 0.0466. The minimum Gasteiger partial charge on any atom is -0.396 e. The van der Waals surface area contributed by atoms with E-state index >= 15 is 0 Å². The summed E-state index contributed by atoms with van der Waals surface area (Å²) in [6.45, 7) is 4.61. The molecule has 1 atom stereocenters. The SMILES string of the molecule is COCC(C)NC1(CCO)CCOCC1. The third-order valence-electron chi connectivity index (χ3n) is 3.01. The molecule has 0 bridgehead atoms. The highest BCUT2D eigenvalue weighted by Gasteiger charge is 2.32. The molecule has 0 aromatic heterocycles. The Bertz CT molecular complexity index is 164. The number of aliphatic hydroxyl groups excluding tert-OH is 1. The van der Waals surface area contributed by atoms with Crippen molar-refractivity contribution in [2.75, 3.05) is 33.5 Å². The summed E-state index contributed by atoms with van der Waals surface area (Å²) in [5.74, 6) is 0. The molecule has 1 unspecified atom stereocenters. The van der Waals surface area contributed by atoms with Gasteiger partial charge in [0.2, 0.25) is 0 Å². The summed E-state index contributed by atoms with van der Waals surface area (Å²) in [6.07, 6.45) is 2.74. The van der Waals surface area contributed by atoms with E-state index in [0.717, 1.165) is 32.5 Å². The standard InChI is InChI=1S/C11H23NO3/c1-10(9-14-2)12-11(3-6-13)4-7-15-8-5-11/h10,12-13H,3-9H2,1-2H3. The largest absolute Gasteiger partial charge is 0.396 e. The molecule has 0 saturated carbocycles. The maximum Gasteiger partial charge on any atom is 0.0613 e. The van der Waals surface area contributed by atoms with Gasteiger partial charge in [-0.3, -0.25) is 0 Å². The van der Waals surface area contributed by atoms with Crippen LogP contribution in [0.4, 0.5) is 0 Å². The van der Waals surface area contributed by atoms with Gasteiger partial charge in [-0.1, -0.05) is 0 Å². The second-order valence-electron chi connectivity index (χ2n) is 4.37. The van der Waals surface area contributed by atoms with Gasteiger partial charge in [0.05, 0.1) is 6.61 Å². The zero-order valence-electron chi connectivity index (χ0n) is 9.79. The Morgan fingerprint density at radius 1 is 1.47 bits per heavy atom. The molecule has 4 nitrogen and oxygen atoms in total. The van der Waals surface area contributed by atoms with E-state index in [1.54, 1.807) is 7.11 Å². The van der Waals surface area contributed by atoms with Crippen molar-refractivity contribution in [1.82, 2.24) is 5.32 Å². The van der Waals surface area contributed by atoms with Crippen LogP contribution in [0.3, 0.4) is 0 Å². The summed E-state index contributed by atoms with van der Waals surface area (Å²) in [4.78, 5) is 0. The molecule has 0 radical (unpaired) electrons. The lowest BCUT2D eigenvalue weighted by atomic mass is 9.86. The maximum absolute atomic E-state index is 9.11. The molecule has 1 fully saturated rings. The third kappa shape index (κ3) is 4.07. The molecule has 0 aromatic rings. The van der Waals surface area contributed by atoms with E-state index in [-0.39, 0.29) is 12.1 Å². The second kappa shape index (κ2) is 6.43. The maximum atomic E-state index is 9.11. The van der Waals surface area contributed by atoms with Crippen LogP contribution in [0.5, 0.6) is 0 Å². The van der Waals surface area contributed by atoms with Crippen molar-refractivity contribution in [3.63, 3.8) is 0 Å². The lowest BCUT2D eigenvalue weighted by Gasteiger charge is -2.40. The fourth-order valence-electron chi connectivity index (χ4n) is 2.26. The highest BCUT2D eigenvalue weighted by Crippen LogP contribution is 2.24. The van der Waals surface area contributed by atoms with Gasteiger partial charge in [-0.15, -0.1) is 0 Å². The van der Waals surface area contributed by atoms with Crippen LogP contribution in [0, 0.1) is 0 Å². The van der Waals surface area contributed by atoms with Crippen LogP contribution in [0.25, 0.3) is 0 Å². The molecule has 0 aromatic carbocycles. The van der Waals surface area contributed by atoms with Crippen LogP contribution in [0.2, 0.25) is 0 Å². The van der Waals surface area contributed by atoms with Gasteiger partial charge in [-0.05, 0) is 26.2 Å². The lowest BCUT2D eigenvalue weighted by Crippen LogP contribution is -2.54. The lowest BCUT2D eigenvalue weighted by molar-refractivity contribution is 0.0177. The molecule has 90 valence electrons. The van der Waals surface area contributed by atoms with E-state index in [2.05, 4.69) is 12.2 Å². The van der Waals surface area contributed by atoms with Gasteiger partial charge in [0, 0.05) is 38.5 Å². The molecule has 1 rings (SSSR count). The number of rotatable bonds is 6. The molecule has 0 amide bonds. The average molecular weight is 217 g/mol. The van der Waals surface area contributed by atoms with Crippen molar-refractivity contribution < 1.29 is 14.6 Å². The van der Waals surface area contributed by atoms with Crippen molar-refractivity contribution in [2.45, 2.75) is 37.8 Å². The van der Waals surface area contributed by atoms with Crippen molar-refractivity contribution in [3.8, 4) is 0 Å². The van der Waals surface area contributed by atoms with Gasteiger partial charge in [0.25, 0.3) is 0 Å². The quantitative estimate of drug-likeness (QED) is 0.682. The Morgan fingerprint density at radius 2 is 2.13 bits per heavy atom. The van der Waals surface area contributed by atoms with Crippen molar-refractivity contribution in [3.05, 3.63) is 0 Å². The Labute approximate surface area is 92.0 Å². The molecule has 15 heavy (non-hydrogen) atoms. The normalized spacial score (nSPS) is 22.6. The van der Waals surface area contributed by atoms with Gasteiger partial charge < -0.3 is 19.9 Å². The Balaban J connectivity index is 2.47. The van der Waals surface area contributed by atoms with Crippen molar-refractivity contribution >= 4 is 0 Å². The molecule has 2 N–H and O–H groups in total. The smallest absolute Gasteiger partial charge is 0.0613 e. The number of hydrogen-bond donors (Lipinski definition) is 2. The van der Waals surface area contributed by atoms with Crippen LogP contribution in [0.15, 0.2) is 0 Å². The summed E-state index contributed by atoms with van der Waals surface area (Å²) in [6, 6.07) is 0.319. The molecule has 1 saturated heterocycles. The van der Waals surface area contributed by atoms with Crippen LogP contribution in [-0.4, -0.2) is 50.2 Å². The van der Waals surface area contributed by atoms with Crippen LogP contribution in [-0.2, 0) is 9.47 Å². The monoisotopic (exact) mass is 217 g/mol. The Hall–Kier alpha value is -0.160. The summed E-state index contributed by atoms with van der Waals surface area (Å²) >= 11 is 0. The highest BCUT2D eigenvalue weighted by atomic mass is 16.5. The van der Waals surface area contributed by atoms with Crippen molar-refractivity contribution in [2.24, 2.45) is 0 Å². The number of aliphatic hydroxyl groups is 1. The predicted octanol–water partition coefficient (Wildman–Crippen LogP) is 0.542. The number of hydrogen-bond acceptors (Lipinski definition) is 4. The summed E-state index contributed by atoms with van der Waals surface area (Å²) in [5.41, 5.74) is 0.0466. The fourth-order valence-corrected chi connectivity index (χ4v) is 2.26. The summed E-state index contributed by atoms with van der Waals surface area (Å²) in [5, 5.41) is 12.7. The van der Waals surface area contributed by atoms with Gasteiger partial charge in [0.15, 0.2) is 0 Å². The predicted molar refractivity (Wildman–Crippen MR) is 59.0 cm³/mol. The fraction of sp³-hybridized carbons (Fsp3) is 1.00. The molecular weight excluding hydrogens is 194 g/mol. The zero-order valence-corrected chi connectivity index (χ0v) is 9.79. The van der Waals surface area contributed by atoms with Gasteiger partial charge in [-0.25, -0.2) is 0 Å². The highest BCUT2D eigenvalue weighted by molar-refractivity contribution is 4.91. The van der Waals surface area contributed by atoms with Gasteiger partial charge in [0.1, 0.15) is 0 Å². The van der Waals surface area contributed by atoms with Crippen LogP contribution >= 0.6 is 0 Å². The molecule has 0 spiro atoms. The molecular formula is C11H23NO3. The summed E-state index contributed by atoms with van der Waals surface area (Å²) in [7, 11) is 1.71. The number of methoxy groups -OCH3 is 1. The molecule has 1 aliphatic heterocycles. The van der Waals surface area contributed by atoms with E-state index < -0.39 is 0 Å². The Morgan fingerprint density at radius 3 is 2.67 bits per heavy atom. The number of ether oxygens (including phenoxy) is 2. The first-order valence-electron chi connectivity index (χ1n) is 5.68.